The Morgan fingerprint density at radius 3 is 2.22 bits per heavy atom. The Labute approximate surface area is 112 Å². The van der Waals surface area contributed by atoms with Crippen LogP contribution in [0.25, 0.3) is 0 Å². The highest BCUT2D eigenvalue weighted by atomic mass is 16.4. The molecule has 0 bridgehead atoms. The van der Waals surface area contributed by atoms with Crippen molar-refractivity contribution in [1.82, 2.24) is 4.90 Å². The third-order valence-corrected chi connectivity index (χ3v) is 4.91. The maximum atomic E-state index is 11.3. The van der Waals surface area contributed by atoms with E-state index >= 15 is 0 Å². The molecule has 0 aromatic carbocycles. The quantitative estimate of drug-likeness (QED) is 0.791. The molecule has 106 valence electrons. The van der Waals surface area contributed by atoms with Crippen LogP contribution < -0.4 is 0 Å². The van der Waals surface area contributed by atoms with E-state index in [1.807, 2.05) is 13.8 Å². The first-order valence-electron chi connectivity index (χ1n) is 7.36. The van der Waals surface area contributed by atoms with Crippen LogP contribution in [0, 0.1) is 11.3 Å². The average molecular weight is 255 g/mol. The Morgan fingerprint density at radius 1 is 1.28 bits per heavy atom. The van der Waals surface area contributed by atoms with Crippen molar-refractivity contribution < 1.29 is 9.90 Å². The number of hydrogen-bond donors (Lipinski definition) is 1. The summed E-state index contributed by atoms with van der Waals surface area (Å²) >= 11 is 0. The molecule has 3 heteroatoms. The van der Waals surface area contributed by atoms with E-state index in [9.17, 15) is 9.90 Å². The first-order valence-corrected chi connectivity index (χ1v) is 7.36. The van der Waals surface area contributed by atoms with Gasteiger partial charge in [0.05, 0.1) is 5.41 Å². The average Bonchev–Trinajstić information content (AvgIpc) is 2.38. The standard InChI is InChI=1S/C15H29NO2/c1-5-12-7-9-13(10-8-12)16(4)11-15(3,6-2)14(17)18/h12-13H,5-11H2,1-4H3,(H,17,18). The van der Waals surface area contributed by atoms with Crippen molar-refractivity contribution in [2.24, 2.45) is 11.3 Å². The van der Waals surface area contributed by atoms with Gasteiger partial charge < -0.3 is 10.0 Å². The second-order valence-electron chi connectivity index (χ2n) is 6.22. The molecule has 1 N–H and O–H groups in total. The summed E-state index contributed by atoms with van der Waals surface area (Å²) in [6, 6.07) is 0.582. The van der Waals surface area contributed by atoms with Crippen molar-refractivity contribution in [1.29, 1.82) is 0 Å². The number of nitrogens with zero attached hydrogens (tertiary/aromatic N) is 1. The van der Waals surface area contributed by atoms with E-state index in [1.165, 1.54) is 32.1 Å². The summed E-state index contributed by atoms with van der Waals surface area (Å²) < 4.78 is 0. The van der Waals surface area contributed by atoms with Crippen molar-refractivity contribution in [3.8, 4) is 0 Å². The monoisotopic (exact) mass is 255 g/mol. The second-order valence-corrected chi connectivity index (χ2v) is 6.22. The summed E-state index contributed by atoms with van der Waals surface area (Å²) in [5.74, 6) is 0.228. The van der Waals surface area contributed by atoms with Crippen LogP contribution in [-0.4, -0.2) is 35.6 Å². The van der Waals surface area contributed by atoms with Crippen LogP contribution in [0.4, 0.5) is 0 Å². The molecule has 0 aromatic rings. The highest BCUT2D eigenvalue weighted by molar-refractivity contribution is 5.74. The molecule has 3 nitrogen and oxygen atoms in total. The molecule has 1 unspecified atom stereocenters. The molecule has 0 radical (unpaired) electrons. The van der Waals surface area contributed by atoms with E-state index in [4.69, 9.17) is 0 Å². The number of rotatable bonds is 6. The zero-order valence-corrected chi connectivity index (χ0v) is 12.4. The fraction of sp³-hybridized carbons (Fsp3) is 0.933. The molecule has 0 amide bonds. The van der Waals surface area contributed by atoms with E-state index < -0.39 is 11.4 Å². The molecule has 1 atom stereocenters. The maximum absolute atomic E-state index is 11.3. The molecule has 0 spiro atoms. The number of aliphatic carboxylic acids is 1. The molecule has 1 fully saturated rings. The molecular weight excluding hydrogens is 226 g/mol. The van der Waals surface area contributed by atoms with Crippen LogP contribution in [0.5, 0.6) is 0 Å². The maximum Gasteiger partial charge on any atom is 0.310 e. The van der Waals surface area contributed by atoms with Gasteiger partial charge in [0.1, 0.15) is 0 Å². The van der Waals surface area contributed by atoms with E-state index in [2.05, 4.69) is 18.9 Å². The largest absolute Gasteiger partial charge is 0.481 e. The lowest BCUT2D eigenvalue weighted by Crippen LogP contribution is -2.44. The Bertz CT molecular complexity index is 272. The van der Waals surface area contributed by atoms with Crippen LogP contribution in [0.2, 0.25) is 0 Å². The molecule has 0 saturated heterocycles. The Morgan fingerprint density at radius 2 is 1.83 bits per heavy atom. The van der Waals surface area contributed by atoms with Crippen LogP contribution in [0.1, 0.15) is 59.3 Å². The van der Waals surface area contributed by atoms with Crippen molar-refractivity contribution in [3.05, 3.63) is 0 Å². The second kappa shape index (κ2) is 6.55. The summed E-state index contributed by atoms with van der Waals surface area (Å²) in [6.45, 7) is 6.77. The normalized spacial score (nSPS) is 28.1. The number of carboxylic acid groups (broad SMARTS) is 1. The lowest BCUT2D eigenvalue weighted by Gasteiger charge is -2.38. The molecular formula is C15H29NO2. The molecule has 18 heavy (non-hydrogen) atoms. The number of hydrogen-bond acceptors (Lipinski definition) is 2. The minimum atomic E-state index is -0.668. The van der Waals surface area contributed by atoms with Crippen molar-refractivity contribution in [2.75, 3.05) is 13.6 Å². The third kappa shape index (κ3) is 3.71. The highest BCUT2D eigenvalue weighted by Crippen LogP contribution is 2.31. The van der Waals surface area contributed by atoms with Gasteiger partial charge >= 0.3 is 5.97 Å². The van der Waals surface area contributed by atoms with Crippen LogP contribution in [0.3, 0.4) is 0 Å². The fourth-order valence-corrected chi connectivity index (χ4v) is 3.00. The van der Waals surface area contributed by atoms with Gasteiger partial charge in [-0.25, -0.2) is 0 Å². The minimum absolute atomic E-state index is 0.582. The molecule has 1 aliphatic rings. The summed E-state index contributed by atoms with van der Waals surface area (Å²) in [5, 5.41) is 9.33. The SMILES string of the molecule is CCC1CCC(N(C)CC(C)(CC)C(=O)O)CC1. The van der Waals surface area contributed by atoms with Gasteiger partial charge in [0.2, 0.25) is 0 Å². The molecule has 0 heterocycles. The Hall–Kier alpha value is -0.570. The Kier molecular flexibility index (Phi) is 5.64. The van der Waals surface area contributed by atoms with E-state index in [-0.39, 0.29) is 0 Å². The van der Waals surface area contributed by atoms with E-state index in [0.717, 1.165) is 5.92 Å². The number of carboxylic acids is 1. The lowest BCUT2D eigenvalue weighted by atomic mass is 9.82. The van der Waals surface area contributed by atoms with Crippen LogP contribution in [-0.2, 0) is 4.79 Å². The van der Waals surface area contributed by atoms with Crippen molar-refractivity contribution in [2.45, 2.75) is 65.3 Å². The lowest BCUT2D eigenvalue weighted by molar-refractivity contribution is -0.149. The van der Waals surface area contributed by atoms with Crippen molar-refractivity contribution >= 4 is 5.97 Å². The van der Waals surface area contributed by atoms with Gasteiger partial charge in [-0.15, -0.1) is 0 Å². The Balaban J connectivity index is 2.50. The third-order valence-electron chi connectivity index (χ3n) is 4.91. The van der Waals surface area contributed by atoms with Gasteiger partial charge in [0.25, 0.3) is 0 Å². The molecule has 0 aromatic heterocycles. The smallest absolute Gasteiger partial charge is 0.310 e. The highest BCUT2D eigenvalue weighted by Gasteiger charge is 2.34. The van der Waals surface area contributed by atoms with Gasteiger partial charge in [-0.05, 0) is 52.0 Å². The molecule has 1 saturated carbocycles. The zero-order chi connectivity index (χ0) is 13.8. The van der Waals surface area contributed by atoms with E-state index in [0.29, 0.717) is 19.0 Å². The molecule has 0 aliphatic heterocycles. The van der Waals surface area contributed by atoms with Gasteiger partial charge in [-0.1, -0.05) is 20.3 Å². The van der Waals surface area contributed by atoms with Crippen LogP contribution >= 0.6 is 0 Å². The molecule has 1 rings (SSSR count). The minimum Gasteiger partial charge on any atom is -0.481 e. The summed E-state index contributed by atoms with van der Waals surface area (Å²) in [7, 11) is 2.09. The fourth-order valence-electron chi connectivity index (χ4n) is 3.00. The molecule has 1 aliphatic carbocycles. The van der Waals surface area contributed by atoms with Gasteiger partial charge in [0, 0.05) is 12.6 Å². The predicted octanol–water partition coefficient (Wildman–Crippen LogP) is 3.39. The van der Waals surface area contributed by atoms with Gasteiger partial charge in [0.15, 0.2) is 0 Å². The first-order chi connectivity index (χ1) is 8.42. The summed E-state index contributed by atoms with van der Waals surface area (Å²) in [4.78, 5) is 13.6. The zero-order valence-electron chi connectivity index (χ0n) is 12.4. The topological polar surface area (TPSA) is 40.5 Å². The van der Waals surface area contributed by atoms with Gasteiger partial charge in [-0.2, -0.15) is 0 Å². The van der Waals surface area contributed by atoms with Crippen molar-refractivity contribution in [3.63, 3.8) is 0 Å². The van der Waals surface area contributed by atoms with Crippen LogP contribution in [0.15, 0.2) is 0 Å². The van der Waals surface area contributed by atoms with Gasteiger partial charge in [-0.3, -0.25) is 4.79 Å². The van der Waals surface area contributed by atoms with E-state index in [1.54, 1.807) is 0 Å². The summed E-state index contributed by atoms with van der Waals surface area (Å²) in [5.41, 5.74) is -0.601. The first kappa shape index (κ1) is 15.5. The predicted molar refractivity (Wildman–Crippen MR) is 74.7 cm³/mol. The summed E-state index contributed by atoms with van der Waals surface area (Å²) in [6.07, 6.45) is 7.06. The number of carbonyl (C=O) groups is 1.